The van der Waals surface area contributed by atoms with Crippen LogP contribution in [0, 0.1) is 11.8 Å². The molecule has 0 bridgehead atoms. The predicted octanol–water partition coefficient (Wildman–Crippen LogP) is 1.33. The second-order valence-electron chi connectivity index (χ2n) is 6.68. The second-order valence-corrected chi connectivity index (χ2v) is 6.68. The van der Waals surface area contributed by atoms with E-state index in [1.54, 1.807) is 14.2 Å². The zero-order valence-electron chi connectivity index (χ0n) is 14.5. The van der Waals surface area contributed by atoms with E-state index in [1.165, 1.54) is 5.56 Å². The van der Waals surface area contributed by atoms with Crippen molar-refractivity contribution in [2.45, 2.75) is 37.5 Å². The van der Waals surface area contributed by atoms with E-state index in [4.69, 9.17) is 9.47 Å². The highest BCUT2D eigenvalue weighted by Crippen LogP contribution is 2.37. The molecule has 0 spiro atoms. The average Bonchev–Trinajstić information content (AvgIpc) is 2.63. The van der Waals surface area contributed by atoms with Crippen LogP contribution in [-0.4, -0.2) is 45.4 Å². The molecule has 6 heteroatoms. The summed E-state index contributed by atoms with van der Waals surface area (Å²) < 4.78 is 11.2. The number of fused-ring (bicyclic) bond motifs is 1. The number of nitrogens with one attached hydrogen (secondary N) is 3. The second kappa shape index (κ2) is 7.51. The summed E-state index contributed by atoms with van der Waals surface area (Å²) in [5.41, 5.74) is 8.42. The summed E-state index contributed by atoms with van der Waals surface area (Å²) in [6.07, 6.45) is 2.44. The molecule has 1 amide bonds. The van der Waals surface area contributed by atoms with Crippen LogP contribution in [0.15, 0.2) is 24.3 Å². The lowest BCUT2D eigenvalue weighted by Crippen LogP contribution is -2.63. The number of methoxy groups -OCH3 is 2. The largest absolute Gasteiger partial charge is 0.388 e. The van der Waals surface area contributed by atoms with Crippen molar-refractivity contribution in [1.82, 2.24) is 10.9 Å². The van der Waals surface area contributed by atoms with Crippen molar-refractivity contribution in [1.29, 1.82) is 0 Å². The standard InChI is InChI=1S/C18H27N3O3/c1-19-12-6-4-11(5-7-12)8-15-13-9-16(23-2)17(24-3)10-14(13)18(22)21-20-15/h4-7,13-17,19-20H,8-10H2,1-3H3,(H,21,22). The number of hydrogen-bond donors (Lipinski definition) is 3. The lowest BCUT2D eigenvalue weighted by atomic mass is 9.70. The van der Waals surface area contributed by atoms with Gasteiger partial charge < -0.3 is 14.8 Å². The minimum atomic E-state index is -0.0239. The van der Waals surface area contributed by atoms with Crippen LogP contribution in [0.4, 0.5) is 5.69 Å². The molecule has 2 fully saturated rings. The maximum Gasteiger partial charge on any atom is 0.237 e. The van der Waals surface area contributed by atoms with E-state index in [0.717, 1.165) is 18.5 Å². The zero-order chi connectivity index (χ0) is 17.1. The number of ether oxygens (including phenoxy) is 2. The fourth-order valence-electron chi connectivity index (χ4n) is 4.03. The van der Waals surface area contributed by atoms with Gasteiger partial charge in [0.2, 0.25) is 5.91 Å². The van der Waals surface area contributed by atoms with Crippen LogP contribution in [0.2, 0.25) is 0 Å². The Balaban J connectivity index is 1.74. The molecule has 1 saturated heterocycles. The third-order valence-corrected chi connectivity index (χ3v) is 5.46. The maximum absolute atomic E-state index is 12.3. The summed E-state index contributed by atoms with van der Waals surface area (Å²) in [5, 5.41) is 3.13. The quantitative estimate of drug-likeness (QED) is 0.758. The molecule has 1 aliphatic carbocycles. The van der Waals surface area contributed by atoms with Gasteiger partial charge in [0.15, 0.2) is 0 Å². The van der Waals surface area contributed by atoms with Crippen LogP contribution in [0.5, 0.6) is 0 Å². The van der Waals surface area contributed by atoms with Crippen LogP contribution in [0.25, 0.3) is 0 Å². The van der Waals surface area contributed by atoms with Gasteiger partial charge in [0.25, 0.3) is 0 Å². The van der Waals surface area contributed by atoms with Crippen LogP contribution >= 0.6 is 0 Å². The van der Waals surface area contributed by atoms with Crippen LogP contribution in [-0.2, 0) is 20.7 Å². The Labute approximate surface area is 143 Å². The number of carbonyl (C=O) groups is 1. The normalized spacial score (nSPS) is 32.8. The van der Waals surface area contributed by atoms with Gasteiger partial charge in [0.1, 0.15) is 0 Å². The molecule has 0 aromatic heterocycles. The molecule has 1 heterocycles. The molecule has 2 aliphatic rings. The van der Waals surface area contributed by atoms with Crippen LogP contribution < -0.4 is 16.2 Å². The molecule has 24 heavy (non-hydrogen) atoms. The van der Waals surface area contributed by atoms with E-state index < -0.39 is 0 Å². The molecule has 1 saturated carbocycles. The summed E-state index contributed by atoms with van der Waals surface area (Å²) in [7, 11) is 5.33. The number of benzene rings is 1. The number of carbonyl (C=O) groups excluding carboxylic acids is 1. The summed E-state index contributed by atoms with van der Waals surface area (Å²) in [6.45, 7) is 0. The minimum Gasteiger partial charge on any atom is -0.388 e. The Morgan fingerprint density at radius 3 is 2.42 bits per heavy atom. The average molecular weight is 333 g/mol. The van der Waals surface area contributed by atoms with Gasteiger partial charge in [0.05, 0.1) is 12.2 Å². The van der Waals surface area contributed by atoms with E-state index in [-0.39, 0.29) is 36.0 Å². The third kappa shape index (κ3) is 3.41. The molecule has 0 radical (unpaired) electrons. The smallest absolute Gasteiger partial charge is 0.237 e. The van der Waals surface area contributed by atoms with Crippen molar-refractivity contribution >= 4 is 11.6 Å². The minimum absolute atomic E-state index is 0.0179. The van der Waals surface area contributed by atoms with E-state index in [2.05, 4.69) is 40.4 Å². The SMILES string of the molecule is CNc1ccc(CC2NNC(=O)C3CC(OC)C(OC)CC23)cc1. The number of rotatable bonds is 5. The fourth-order valence-corrected chi connectivity index (χ4v) is 4.03. The Hall–Kier alpha value is -1.63. The Kier molecular flexibility index (Phi) is 5.38. The monoisotopic (exact) mass is 333 g/mol. The van der Waals surface area contributed by atoms with Crippen molar-refractivity contribution in [3.8, 4) is 0 Å². The van der Waals surface area contributed by atoms with Gasteiger partial charge in [-0.1, -0.05) is 12.1 Å². The van der Waals surface area contributed by atoms with E-state index >= 15 is 0 Å². The first-order valence-electron chi connectivity index (χ1n) is 8.54. The molecule has 132 valence electrons. The van der Waals surface area contributed by atoms with E-state index in [0.29, 0.717) is 6.42 Å². The number of anilines is 1. The Morgan fingerprint density at radius 2 is 1.79 bits per heavy atom. The summed E-state index contributed by atoms with van der Waals surface area (Å²) in [4.78, 5) is 12.3. The summed E-state index contributed by atoms with van der Waals surface area (Å²) in [5.74, 6) is 0.293. The third-order valence-electron chi connectivity index (χ3n) is 5.46. The molecule has 6 nitrogen and oxygen atoms in total. The number of hydrazine groups is 1. The zero-order valence-corrected chi connectivity index (χ0v) is 14.5. The maximum atomic E-state index is 12.3. The van der Waals surface area contributed by atoms with Crippen LogP contribution in [0.3, 0.4) is 0 Å². The first-order chi connectivity index (χ1) is 11.7. The number of hydrogen-bond acceptors (Lipinski definition) is 5. The van der Waals surface area contributed by atoms with Gasteiger partial charge in [-0.3, -0.25) is 10.2 Å². The van der Waals surface area contributed by atoms with Gasteiger partial charge in [0, 0.05) is 38.9 Å². The molecule has 5 unspecified atom stereocenters. The van der Waals surface area contributed by atoms with Gasteiger partial charge in [-0.2, -0.15) is 0 Å². The molecule has 1 aromatic rings. The Bertz CT molecular complexity index is 563. The molecule has 3 rings (SSSR count). The van der Waals surface area contributed by atoms with Gasteiger partial charge >= 0.3 is 0 Å². The Morgan fingerprint density at radius 1 is 1.12 bits per heavy atom. The van der Waals surface area contributed by atoms with Crippen molar-refractivity contribution in [3.63, 3.8) is 0 Å². The number of amides is 1. The van der Waals surface area contributed by atoms with Crippen molar-refractivity contribution < 1.29 is 14.3 Å². The molecular formula is C18H27N3O3. The van der Waals surface area contributed by atoms with Crippen molar-refractivity contribution in [3.05, 3.63) is 29.8 Å². The first-order valence-corrected chi connectivity index (χ1v) is 8.54. The van der Waals surface area contributed by atoms with E-state index in [1.807, 2.05) is 7.05 Å². The molecule has 1 aromatic carbocycles. The fraction of sp³-hybridized carbons (Fsp3) is 0.611. The molecule has 3 N–H and O–H groups in total. The van der Waals surface area contributed by atoms with Crippen molar-refractivity contribution in [2.24, 2.45) is 11.8 Å². The first kappa shape index (κ1) is 17.2. The highest BCUT2D eigenvalue weighted by molar-refractivity contribution is 5.79. The van der Waals surface area contributed by atoms with Gasteiger partial charge in [-0.05, 0) is 42.9 Å². The van der Waals surface area contributed by atoms with Crippen LogP contribution in [0.1, 0.15) is 18.4 Å². The van der Waals surface area contributed by atoms with Gasteiger partial charge in [-0.25, -0.2) is 5.43 Å². The lowest BCUT2D eigenvalue weighted by Gasteiger charge is -2.46. The summed E-state index contributed by atoms with van der Waals surface area (Å²) >= 11 is 0. The molecule has 5 atom stereocenters. The highest BCUT2D eigenvalue weighted by atomic mass is 16.5. The molecule has 1 aliphatic heterocycles. The van der Waals surface area contributed by atoms with E-state index in [9.17, 15) is 4.79 Å². The highest BCUT2D eigenvalue weighted by Gasteiger charge is 2.46. The van der Waals surface area contributed by atoms with Gasteiger partial charge in [-0.15, -0.1) is 0 Å². The lowest BCUT2D eigenvalue weighted by molar-refractivity contribution is -0.145. The topological polar surface area (TPSA) is 71.6 Å². The van der Waals surface area contributed by atoms with Crippen molar-refractivity contribution in [2.75, 3.05) is 26.6 Å². The predicted molar refractivity (Wildman–Crippen MR) is 92.6 cm³/mol. The molecular weight excluding hydrogens is 306 g/mol. The summed E-state index contributed by atoms with van der Waals surface area (Å²) in [6, 6.07) is 8.62.